The van der Waals surface area contributed by atoms with Gasteiger partial charge >= 0.3 is 0 Å². The van der Waals surface area contributed by atoms with Crippen LogP contribution in [0.2, 0.25) is 0 Å². The van der Waals surface area contributed by atoms with Crippen molar-refractivity contribution < 1.29 is 9.90 Å². The van der Waals surface area contributed by atoms with E-state index in [9.17, 15) is 9.90 Å². The molecule has 2 unspecified atom stereocenters. The lowest BCUT2D eigenvalue weighted by Crippen LogP contribution is -2.41. The average molecular weight is 277 g/mol. The Morgan fingerprint density at radius 3 is 2.35 bits per heavy atom. The van der Waals surface area contributed by atoms with Crippen LogP contribution < -0.4 is 5.32 Å². The second-order valence-electron chi connectivity index (χ2n) is 6.38. The highest BCUT2D eigenvalue weighted by atomic mass is 16.3. The molecule has 112 valence electrons. The molecular weight excluding hydrogens is 250 g/mol. The summed E-state index contributed by atoms with van der Waals surface area (Å²) < 4.78 is 0. The van der Waals surface area contributed by atoms with Crippen molar-refractivity contribution in [3.8, 4) is 0 Å². The summed E-state index contributed by atoms with van der Waals surface area (Å²) >= 11 is 0. The lowest BCUT2D eigenvalue weighted by atomic mass is 9.88. The molecule has 2 atom stereocenters. The van der Waals surface area contributed by atoms with Crippen molar-refractivity contribution in [2.45, 2.75) is 52.6 Å². The predicted molar refractivity (Wildman–Crippen MR) is 82.6 cm³/mol. The number of benzene rings is 1. The first-order chi connectivity index (χ1) is 9.36. The molecule has 0 spiro atoms. The van der Waals surface area contributed by atoms with E-state index in [-0.39, 0.29) is 17.2 Å². The first-order valence-electron chi connectivity index (χ1n) is 7.37. The van der Waals surface area contributed by atoms with Gasteiger partial charge in [0.1, 0.15) is 0 Å². The van der Waals surface area contributed by atoms with Crippen LogP contribution in [0, 0.1) is 5.41 Å². The molecule has 1 aromatic carbocycles. The van der Waals surface area contributed by atoms with E-state index in [0.717, 1.165) is 18.4 Å². The summed E-state index contributed by atoms with van der Waals surface area (Å²) in [6, 6.07) is 9.83. The molecule has 20 heavy (non-hydrogen) atoms. The third-order valence-corrected chi connectivity index (χ3v) is 3.57. The molecule has 0 radical (unpaired) electrons. The number of hydrogen-bond acceptors (Lipinski definition) is 2. The minimum Gasteiger partial charge on any atom is -0.391 e. The molecule has 0 heterocycles. The van der Waals surface area contributed by atoms with E-state index in [1.165, 1.54) is 0 Å². The Labute approximate surface area is 122 Å². The van der Waals surface area contributed by atoms with Crippen LogP contribution >= 0.6 is 0 Å². The maximum absolute atomic E-state index is 12.3. The van der Waals surface area contributed by atoms with E-state index in [2.05, 4.69) is 12.2 Å². The minimum atomic E-state index is -0.538. The molecule has 3 heteroatoms. The Bertz CT molecular complexity index is 409. The average Bonchev–Trinajstić information content (AvgIpc) is 2.41. The van der Waals surface area contributed by atoms with Gasteiger partial charge in [-0.15, -0.1) is 0 Å². The number of aliphatic hydroxyl groups is 1. The van der Waals surface area contributed by atoms with Gasteiger partial charge in [0.2, 0.25) is 5.91 Å². The molecule has 0 saturated carbocycles. The van der Waals surface area contributed by atoms with Gasteiger partial charge in [0.05, 0.1) is 12.0 Å². The van der Waals surface area contributed by atoms with E-state index in [1.807, 2.05) is 51.1 Å². The van der Waals surface area contributed by atoms with Gasteiger partial charge in [0.15, 0.2) is 0 Å². The van der Waals surface area contributed by atoms with Crippen molar-refractivity contribution in [1.29, 1.82) is 0 Å². The molecule has 0 saturated heterocycles. The third-order valence-electron chi connectivity index (χ3n) is 3.57. The zero-order valence-corrected chi connectivity index (χ0v) is 13.0. The van der Waals surface area contributed by atoms with Crippen molar-refractivity contribution >= 4 is 5.91 Å². The summed E-state index contributed by atoms with van der Waals surface area (Å²) in [5, 5.41) is 12.9. The number of amides is 1. The Balaban J connectivity index is 2.67. The highest BCUT2D eigenvalue weighted by molar-refractivity contribution is 5.83. The maximum Gasteiger partial charge on any atom is 0.227 e. The predicted octanol–water partition coefficient (Wildman–Crippen LogP) is 3.09. The second-order valence-corrected chi connectivity index (χ2v) is 6.38. The zero-order chi connectivity index (χ0) is 15.2. The van der Waals surface area contributed by atoms with Crippen LogP contribution in [0.4, 0.5) is 0 Å². The van der Waals surface area contributed by atoms with Crippen LogP contribution in [0.5, 0.6) is 0 Å². The van der Waals surface area contributed by atoms with Crippen LogP contribution in [0.3, 0.4) is 0 Å². The molecule has 2 N–H and O–H groups in total. The standard InChI is InChI=1S/C17H27NO2/c1-5-9-14(13-10-7-6-8-11-13)16(20)18-12-15(19)17(2,3)4/h6-8,10-11,14-15,19H,5,9,12H2,1-4H3,(H,18,20). The molecule has 0 aromatic heterocycles. The fourth-order valence-electron chi connectivity index (χ4n) is 2.05. The fourth-order valence-corrected chi connectivity index (χ4v) is 2.05. The monoisotopic (exact) mass is 277 g/mol. The smallest absolute Gasteiger partial charge is 0.227 e. The Kier molecular flexibility index (Phi) is 6.21. The zero-order valence-electron chi connectivity index (χ0n) is 13.0. The Hall–Kier alpha value is -1.35. The molecule has 1 aromatic rings. The molecule has 0 aliphatic heterocycles. The number of carbonyl (C=O) groups excluding carboxylic acids is 1. The van der Waals surface area contributed by atoms with Gasteiger partial charge in [-0.1, -0.05) is 64.4 Å². The van der Waals surface area contributed by atoms with Crippen molar-refractivity contribution in [2.75, 3.05) is 6.54 Å². The van der Waals surface area contributed by atoms with Crippen LogP contribution in [0.25, 0.3) is 0 Å². The molecule has 1 amide bonds. The topological polar surface area (TPSA) is 49.3 Å². The first-order valence-corrected chi connectivity index (χ1v) is 7.37. The van der Waals surface area contributed by atoms with Crippen molar-refractivity contribution in [3.63, 3.8) is 0 Å². The van der Waals surface area contributed by atoms with Gasteiger partial charge in [-0.25, -0.2) is 0 Å². The molecule has 0 aliphatic rings. The second kappa shape index (κ2) is 7.44. The summed E-state index contributed by atoms with van der Waals surface area (Å²) in [6.45, 7) is 8.27. The van der Waals surface area contributed by atoms with Crippen LogP contribution in [0.1, 0.15) is 52.0 Å². The minimum absolute atomic E-state index is 0.00125. The lowest BCUT2D eigenvalue weighted by molar-refractivity contribution is -0.123. The molecule has 3 nitrogen and oxygen atoms in total. The third kappa shape index (κ3) is 4.97. The van der Waals surface area contributed by atoms with E-state index >= 15 is 0 Å². The summed E-state index contributed by atoms with van der Waals surface area (Å²) in [7, 11) is 0. The van der Waals surface area contributed by atoms with Gasteiger partial charge in [0.25, 0.3) is 0 Å². The first kappa shape index (κ1) is 16.7. The van der Waals surface area contributed by atoms with Gasteiger partial charge in [-0.2, -0.15) is 0 Å². The fraction of sp³-hybridized carbons (Fsp3) is 0.588. The van der Waals surface area contributed by atoms with Crippen LogP contribution in [-0.2, 0) is 4.79 Å². The molecule has 0 aliphatic carbocycles. The highest BCUT2D eigenvalue weighted by Gasteiger charge is 2.25. The van der Waals surface area contributed by atoms with Gasteiger partial charge < -0.3 is 10.4 Å². The quantitative estimate of drug-likeness (QED) is 0.839. The molecular formula is C17H27NO2. The number of carbonyl (C=O) groups is 1. The van der Waals surface area contributed by atoms with Gasteiger partial charge in [0, 0.05) is 6.54 Å². The van der Waals surface area contributed by atoms with Crippen molar-refractivity contribution in [2.24, 2.45) is 5.41 Å². The number of nitrogens with one attached hydrogen (secondary N) is 1. The number of rotatable bonds is 6. The van der Waals surface area contributed by atoms with E-state index in [0.29, 0.717) is 6.54 Å². The van der Waals surface area contributed by atoms with E-state index in [4.69, 9.17) is 0 Å². The summed E-state index contributed by atoms with van der Waals surface area (Å²) in [4.78, 5) is 12.3. The van der Waals surface area contributed by atoms with Crippen molar-refractivity contribution in [3.05, 3.63) is 35.9 Å². The normalized spacial score (nSPS) is 14.7. The van der Waals surface area contributed by atoms with Gasteiger partial charge in [-0.3, -0.25) is 4.79 Å². The lowest BCUT2D eigenvalue weighted by Gasteiger charge is -2.27. The largest absolute Gasteiger partial charge is 0.391 e. The van der Waals surface area contributed by atoms with Crippen LogP contribution in [0.15, 0.2) is 30.3 Å². The summed E-state index contributed by atoms with van der Waals surface area (Å²) in [6.07, 6.45) is 1.24. The van der Waals surface area contributed by atoms with Gasteiger partial charge in [-0.05, 0) is 17.4 Å². The molecule has 0 fully saturated rings. The molecule has 0 bridgehead atoms. The van der Waals surface area contributed by atoms with Crippen LogP contribution in [-0.4, -0.2) is 23.7 Å². The SMILES string of the molecule is CCCC(C(=O)NCC(O)C(C)(C)C)c1ccccc1. The molecule has 1 rings (SSSR count). The van der Waals surface area contributed by atoms with Crippen molar-refractivity contribution in [1.82, 2.24) is 5.32 Å². The van der Waals surface area contributed by atoms with E-state index in [1.54, 1.807) is 0 Å². The summed E-state index contributed by atoms with van der Waals surface area (Å²) in [5.74, 6) is -0.130. The maximum atomic E-state index is 12.3. The Morgan fingerprint density at radius 2 is 1.85 bits per heavy atom. The summed E-state index contributed by atoms with van der Waals surface area (Å²) in [5.41, 5.74) is 0.817. The highest BCUT2D eigenvalue weighted by Crippen LogP contribution is 2.22. The van der Waals surface area contributed by atoms with E-state index < -0.39 is 6.10 Å². The number of aliphatic hydroxyl groups excluding tert-OH is 1. The number of hydrogen-bond donors (Lipinski definition) is 2. The Morgan fingerprint density at radius 1 is 1.25 bits per heavy atom.